The number of nitrogens with zero attached hydrogens (tertiary/aromatic N) is 3. The number of likely N-dealkylation sites (tertiary alicyclic amines) is 1. The summed E-state index contributed by atoms with van der Waals surface area (Å²) in [5, 5.41) is 3.45. The minimum atomic E-state index is -0.452. The van der Waals surface area contributed by atoms with E-state index in [9.17, 15) is 4.79 Å². The van der Waals surface area contributed by atoms with E-state index in [2.05, 4.69) is 22.1 Å². The maximum absolute atomic E-state index is 12.1. The number of aliphatic imine (C=N–C) groups is 1. The van der Waals surface area contributed by atoms with E-state index in [-0.39, 0.29) is 6.09 Å². The molecular formula is C17H32N4O2. The van der Waals surface area contributed by atoms with Crippen molar-refractivity contribution in [3.05, 3.63) is 0 Å². The van der Waals surface area contributed by atoms with Crippen molar-refractivity contribution in [2.24, 2.45) is 10.9 Å². The maximum Gasteiger partial charge on any atom is 0.410 e. The zero-order valence-corrected chi connectivity index (χ0v) is 15.1. The van der Waals surface area contributed by atoms with Gasteiger partial charge in [-0.3, -0.25) is 9.89 Å². The summed E-state index contributed by atoms with van der Waals surface area (Å²) in [6.45, 7) is 14.2. The van der Waals surface area contributed by atoms with E-state index in [0.717, 1.165) is 18.9 Å². The highest BCUT2D eigenvalue weighted by Crippen LogP contribution is 2.16. The van der Waals surface area contributed by atoms with Gasteiger partial charge in [-0.05, 0) is 59.2 Å². The van der Waals surface area contributed by atoms with Crippen LogP contribution in [0.5, 0.6) is 0 Å². The van der Waals surface area contributed by atoms with Gasteiger partial charge in [0.2, 0.25) is 0 Å². The number of ether oxygens (including phenoxy) is 1. The molecule has 1 fully saturated rings. The topological polar surface area (TPSA) is 57.2 Å². The Morgan fingerprint density at radius 1 is 1.30 bits per heavy atom. The zero-order valence-electron chi connectivity index (χ0n) is 15.1. The fourth-order valence-electron chi connectivity index (χ4n) is 2.98. The van der Waals surface area contributed by atoms with Crippen LogP contribution >= 0.6 is 0 Å². The van der Waals surface area contributed by atoms with Gasteiger partial charge in [0.1, 0.15) is 11.4 Å². The predicted octanol–water partition coefficient (Wildman–Crippen LogP) is 1.96. The molecule has 2 aliphatic rings. The fraction of sp³-hybridized carbons (Fsp3) is 0.882. The summed E-state index contributed by atoms with van der Waals surface area (Å²) >= 11 is 0. The lowest BCUT2D eigenvalue weighted by atomic mass is 9.97. The molecule has 0 aromatic rings. The Hall–Kier alpha value is -1.30. The highest BCUT2D eigenvalue weighted by Gasteiger charge is 2.25. The molecule has 132 valence electrons. The Kier molecular flexibility index (Phi) is 6.27. The molecule has 0 aliphatic carbocycles. The maximum atomic E-state index is 12.1. The number of piperidine rings is 1. The second-order valence-corrected chi connectivity index (χ2v) is 7.49. The molecule has 2 aliphatic heterocycles. The van der Waals surface area contributed by atoms with Gasteiger partial charge in [0.05, 0.1) is 13.1 Å². The Balaban J connectivity index is 1.74. The van der Waals surface area contributed by atoms with E-state index in [1.807, 2.05) is 20.8 Å². The van der Waals surface area contributed by atoms with Gasteiger partial charge in [-0.1, -0.05) is 6.92 Å². The van der Waals surface area contributed by atoms with E-state index < -0.39 is 5.60 Å². The molecule has 0 spiro atoms. The standard InChI is InChI=1S/C17H32N4O2/c1-5-20-9-6-14(7-10-20)12-19-15-13-21(11-8-18-15)16(22)23-17(2,3)4/h14H,5-13H2,1-4H3,(H,18,19). The molecule has 2 heterocycles. The molecule has 0 saturated carbocycles. The smallest absolute Gasteiger partial charge is 0.410 e. The third-order valence-electron chi connectivity index (χ3n) is 4.41. The molecule has 1 N–H and O–H groups in total. The number of carbonyl (C=O) groups excluding carboxylic acids is 1. The summed E-state index contributed by atoms with van der Waals surface area (Å²) in [5.74, 6) is 1.62. The summed E-state index contributed by atoms with van der Waals surface area (Å²) in [6.07, 6.45) is 2.23. The number of amides is 1. The number of hydrogen-bond acceptors (Lipinski definition) is 5. The predicted molar refractivity (Wildman–Crippen MR) is 92.9 cm³/mol. The Morgan fingerprint density at radius 3 is 2.61 bits per heavy atom. The van der Waals surface area contributed by atoms with Crippen LogP contribution in [0.4, 0.5) is 4.79 Å². The van der Waals surface area contributed by atoms with Crippen LogP contribution in [0.25, 0.3) is 0 Å². The molecule has 1 amide bonds. The van der Waals surface area contributed by atoms with Crippen LogP contribution in [-0.2, 0) is 4.74 Å². The lowest BCUT2D eigenvalue weighted by molar-refractivity contribution is 0.0276. The van der Waals surface area contributed by atoms with Gasteiger partial charge in [-0.15, -0.1) is 0 Å². The summed E-state index contributed by atoms with van der Waals surface area (Å²) in [7, 11) is 0. The molecule has 0 bridgehead atoms. The van der Waals surface area contributed by atoms with Crippen molar-refractivity contribution < 1.29 is 9.53 Å². The van der Waals surface area contributed by atoms with Crippen molar-refractivity contribution in [2.45, 2.75) is 46.1 Å². The Morgan fingerprint density at radius 2 is 2.00 bits per heavy atom. The van der Waals surface area contributed by atoms with Crippen molar-refractivity contribution in [1.82, 2.24) is 15.1 Å². The van der Waals surface area contributed by atoms with Gasteiger partial charge in [-0.25, -0.2) is 4.79 Å². The first-order valence-corrected chi connectivity index (χ1v) is 8.85. The van der Waals surface area contributed by atoms with E-state index in [0.29, 0.717) is 25.6 Å². The molecule has 23 heavy (non-hydrogen) atoms. The van der Waals surface area contributed by atoms with Crippen molar-refractivity contribution in [3.63, 3.8) is 0 Å². The van der Waals surface area contributed by atoms with Crippen LogP contribution in [0.2, 0.25) is 0 Å². The van der Waals surface area contributed by atoms with Gasteiger partial charge in [-0.2, -0.15) is 0 Å². The first kappa shape index (κ1) is 18.0. The molecular weight excluding hydrogens is 292 g/mol. The zero-order chi connectivity index (χ0) is 16.9. The van der Waals surface area contributed by atoms with E-state index >= 15 is 0 Å². The third kappa shape index (κ3) is 6.01. The van der Waals surface area contributed by atoms with Crippen LogP contribution in [0.3, 0.4) is 0 Å². The molecule has 0 aromatic carbocycles. The van der Waals surface area contributed by atoms with Crippen LogP contribution in [0.1, 0.15) is 40.5 Å². The van der Waals surface area contributed by atoms with E-state index in [1.165, 1.54) is 25.9 Å². The van der Waals surface area contributed by atoms with Gasteiger partial charge in [0.25, 0.3) is 0 Å². The van der Waals surface area contributed by atoms with Gasteiger partial charge in [0.15, 0.2) is 0 Å². The van der Waals surface area contributed by atoms with Crippen LogP contribution in [0.15, 0.2) is 4.99 Å². The summed E-state index contributed by atoms with van der Waals surface area (Å²) in [5.41, 5.74) is -0.452. The largest absolute Gasteiger partial charge is 0.444 e. The number of amidine groups is 1. The lowest BCUT2D eigenvalue weighted by Gasteiger charge is -2.33. The molecule has 0 radical (unpaired) electrons. The second-order valence-electron chi connectivity index (χ2n) is 7.49. The number of nitrogens with one attached hydrogen (secondary N) is 1. The first-order chi connectivity index (χ1) is 10.9. The molecule has 0 atom stereocenters. The van der Waals surface area contributed by atoms with Crippen LogP contribution in [0, 0.1) is 5.92 Å². The quantitative estimate of drug-likeness (QED) is 0.862. The number of rotatable bonds is 3. The van der Waals surface area contributed by atoms with E-state index in [1.54, 1.807) is 4.90 Å². The minimum Gasteiger partial charge on any atom is -0.444 e. The summed E-state index contributed by atoms with van der Waals surface area (Å²) < 4.78 is 5.44. The average Bonchev–Trinajstić information content (AvgIpc) is 2.52. The van der Waals surface area contributed by atoms with Crippen molar-refractivity contribution in [1.29, 1.82) is 0 Å². The second kappa shape index (κ2) is 7.99. The fourth-order valence-corrected chi connectivity index (χ4v) is 2.98. The van der Waals surface area contributed by atoms with Crippen molar-refractivity contribution in [2.75, 3.05) is 45.8 Å². The molecule has 1 saturated heterocycles. The summed E-state index contributed by atoms with van der Waals surface area (Å²) in [4.78, 5) is 20.9. The normalized spacial score (nSPS) is 21.0. The van der Waals surface area contributed by atoms with E-state index in [4.69, 9.17) is 4.74 Å². The van der Waals surface area contributed by atoms with Gasteiger partial charge >= 0.3 is 6.09 Å². The summed E-state index contributed by atoms with van der Waals surface area (Å²) in [6, 6.07) is 0. The third-order valence-corrected chi connectivity index (χ3v) is 4.41. The Labute approximate surface area is 140 Å². The first-order valence-electron chi connectivity index (χ1n) is 8.85. The molecule has 6 nitrogen and oxygen atoms in total. The number of hydrogen-bond donors (Lipinski definition) is 1. The van der Waals surface area contributed by atoms with Crippen molar-refractivity contribution >= 4 is 11.9 Å². The lowest BCUT2D eigenvalue weighted by Crippen LogP contribution is -2.48. The monoisotopic (exact) mass is 324 g/mol. The van der Waals surface area contributed by atoms with Gasteiger partial charge < -0.3 is 15.0 Å². The van der Waals surface area contributed by atoms with Crippen LogP contribution < -0.4 is 5.32 Å². The molecule has 6 heteroatoms. The molecule has 0 aromatic heterocycles. The van der Waals surface area contributed by atoms with Crippen LogP contribution in [-0.4, -0.2) is 73.1 Å². The molecule has 2 rings (SSSR count). The highest BCUT2D eigenvalue weighted by molar-refractivity contribution is 5.87. The SMILES string of the molecule is CCN1CCC(CNC2=NCCN(C(=O)OC(C)(C)C)C2)CC1. The van der Waals surface area contributed by atoms with Crippen molar-refractivity contribution in [3.8, 4) is 0 Å². The molecule has 0 unspecified atom stereocenters. The average molecular weight is 324 g/mol. The minimum absolute atomic E-state index is 0.247. The van der Waals surface area contributed by atoms with Gasteiger partial charge in [0, 0.05) is 13.1 Å². The number of carbonyl (C=O) groups is 1. The highest BCUT2D eigenvalue weighted by atomic mass is 16.6. The Bertz CT molecular complexity index is 423.